The van der Waals surface area contributed by atoms with Gasteiger partial charge >= 0.3 is 0 Å². The minimum absolute atomic E-state index is 0.315. The van der Waals surface area contributed by atoms with Gasteiger partial charge in [0.1, 0.15) is 0 Å². The summed E-state index contributed by atoms with van der Waals surface area (Å²) in [6.45, 7) is 12.9. The molecule has 0 aromatic heterocycles. The van der Waals surface area contributed by atoms with Gasteiger partial charge in [-0.15, -0.1) is 0 Å². The van der Waals surface area contributed by atoms with Crippen LogP contribution in [0.5, 0.6) is 0 Å². The van der Waals surface area contributed by atoms with Crippen molar-refractivity contribution < 1.29 is 14.2 Å². The van der Waals surface area contributed by atoms with Crippen molar-refractivity contribution in [1.29, 1.82) is 0 Å². The van der Waals surface area contributed by atoms with Crippen LogP contribution in [0.15, 0.2) is 4.99 Å². The fourth-order valence-corrected chi connectivity index (χ4v) is 2.39. The molecule has 0 aliphatic carbocycles. The van der Waals surface area contributed by atoms with Crippen molar-refractivity contribution in [2.45, 2.75) is 52.6 Å². The van der Waals surface area contributed by atoms with E-state index in [0.717, 1.165) is 77.9 Å². The Morgan fingerprint density at radius 3 is 2.75 bits per heavy atom. The third-order valence-electron chi connectivity index (χ3n) is 3.60. The lowest BCUT2D eigenvalue weighted by Crippen LogP contribution is -2.38. The molecule has 0 saturated carbocycles. The zero-order valence-electron chi connectivity index (χ0n) is 15.8. The van der Waals surface area contributed by atoms with E-state index >= 15 is 0 Å². The van der Waals surface area contributed by atoms with Crippen LogP contribution in [-0.2, 0) is 14.2 Å². The van der Waals surface area contributed by atoms with E-state index in [9.17, 15) is 0 Å². The van der Waals surface area contributed by atoms with E-state index in [4.69, 9.17) is 14.2 Å². The van der Waals surface area contributed by atoms with Crippen molar-refractivity contribution in [3.63, 3.8) is 0 Å². The zero-order valence-corrected chi connectivity index (χ0v) is 15.8. The van der Waals surface area contributed by atoms with Crippen molar-refractivity contribution in [3.05, 3.63) is 0 Å². The predicted molar refractivity (Wildman–Crippen MR) is 98.7 cm³/mol. The zero-order chi connectivity index (χ0) is 17.5. The number of nitrogens with zero attached hydrogens (tertiary/aromatic N) is 1. The lowest BCUT2D eigenvalue weighted by molar-refractivity contribution is 0.0168. The highest BCUT2D eigenvalue weighted by molar-refractivity contribution is 5.79. The molecule has 24 heavy (non-hydrogen) atoms. The van der Waals surface area contributed by atoms with Crippen molar-refractivity contribution >= 4 is 5.96 Å². The Morgan fingerprint density at radius 2 is 2.04 bits per heavy atom. The van der Waals surface area contributed by atoms with E-state index in [0.29, 0.717) is 12.0 Å². The molecule has 0 spiro atoms. The Labute approximate surface area is 147 Å². The first kappa shape index (κ1) is 21.2. The van der Waals surface area contributed by atoms with Gasteiger partial charge in [-0.1, -0.05) is 13.8 Å². The third-order valence-corrected chi connectivity index (χ3v) is 3.60. The normalized spacial score (nSPS) is 18.3. The van der Waals surface area contributed by atoms with E-state index in [1.807, 2.05) is 0 Å². The maximum Gasteiger partial charge on any atom is 0.191 e. The molecule has 0 bridgehead atoms. The summed E-state index contributed by atoms with van der Waals surface area (Å²) in [4.78, 5) is 4.56. The van der Waals surface area contributed by atoms with Gasteiger partial charge in [0, 0.05) is 46.1 Å². The van der Waals surface area contributed by atoms with E-state index in [1.54, 1.807) is 0 Å². The highest BCUT2D eigenvalue weighted by atomic mass is 16.5. The van der Waals surface area contributed by atoms with E-state index < -0.39 is 0 Å². The highest BCUT2D eigenvalue weighted by Crippen LogP contribution is 2.11. The molecule has 1 fully saturated rings. The van der Waals surface area contributed by atoms with E-state index in [1.165, 1.54) is 6.42 Å². The second kappa shape index (κ2) is 14.5. The summed E-state index contributed by atoms with van der Waals surface area (Å²) in [6, 6.07) is 0. The number of ether oxygens (including phenoxy) is 3. The minimum Gasteiger partial charge on any atom is -0.381 e. The van der Waals surface area contributed by atoms with Crippen LogP contribution >= 0.6 is 0 Å². The molecule has 0 amide bonds. The number of nitrogens with one attached hydrogen (secondary N) is 2. The van der Waals surface area contributed by atoms with Gasteiger partial charge in [0.05, 0.1) is 12.7 Å². The Bertz CT molecular complexity index is 319. The summed E-state index contributed by atoms with van der Waals surface area (Å²) in [5.41, 5.74) is 0. The van der Waals surface area contributed by atoms with Crippen LogP contribution in [0.1, 0.15) is 46.5 Å². The lowest BCUT2D eigenvalue weighted by atomic mass is 10.2. The maximum absolute atomic E-state index is 5.66. The first-order valence-corrected chi connectivity index (χ1v) is 9.51. The molecule has 6 nitrogen and oxygen atoms in total. The summed E-state index contributed by atoms with van der Waals surface area (Å²) in [6.07, 6.45) is 4.54. The average molecular weight is 344 g/mol. The van der Waals surface area contributed by atoms with Gasteiger partial charge in [-0.2, -0.15) is 0 Å². The molecule has 2 N–H and O–H groups in total. The number of rotatable bonds is 13. The van der Waals surface area contributed by atoms with Crippen LogP contribution in [0.2, 0.25) is 0 Å². The SMILES string of the molecule is CCNC(=NCCCOCC(C)C)NCCCOCC1CCCO1. The molecule has 6 heteroatoms. The topological polar surface area (TPSA) is 64.1 Å². The molecule has 1 aliphatic rings. The van der Waals surface area contributed by atoms with Gasteiger partial charge in [0.15, 0.2) is 5.96 Å². The van der Waals surface area contributed by atoms with Crippen LogP contribution in [-0.4, -0.2) is 64.7 Å². The number of hydrogen-bond acceptors (Lipinski definition) is 4. The quantitative estimate of drug-likeness (QED) is 0.305. The largest absolute Gasteiger partial charge is 0.381 e. The first-order valence-electron chi connectivity index (χ1n) is 9.51. The average Bonchev–Trinajstić information content (AvgIpc) is 3.06. The molecule has 1 atom stereocenters. The minimum atomic E-state index is 0.315. The van der Waals surface area contributed by atoms with Gasteiger partial charge in [-0.05, 0) is 38.5 Å². The summed E-state index contributed by atoms with van der Waals surface area (Å²) < 4.78 is 16.8. The fourth-order valence-electron chi connectivity index (χ4n) is 2.39. The molecule has 142 valence electrons. The Kier molecular flexibility index (Phi) is 12.8. The first-order chi connectivity index (χ1) is 11.7. The molecular formula is C18H37N3O3. The molecule has 1 aliphatic heterocycles. The second-order valence-corrected chi connectivity index (χ2v) is 6.57. The molecule has 1 saturated heterocycles. The molecule has 1 unspecified atom stereocenters. The van der Waals surface area contributed by atoms with E-state index in [2.05, 4.69) is 36.4 Å². The fraction of sp³-hybridized carbons (Fsp3) is 0.944. The van der Waals surface area contributed by atoms with Crippen LogP contribution in [0.3, 0.4) is 0 Å². The molecule has 0 aromatic rings. The van der Waals surface area contributed by atoms with Crippen molar-refractivity contribution in [2.75, 3.05) is 52.7 Å². The summed E-state index contributed by atoms with van der Waals surface area (Å²) in [5.74, 6) is 1.47. The van der Waals surface area contributed by atoms with Gasteiger partial charge in [0.2, 0.25) is 0 Å². The summed E-state index contributed by atoms with van der Waals surface area (Å²) in [5, 5.41) is 6.61. The Balaban J connectivity index is 2.01. The summed E-state index contributed by atoms with van der Waals surface area (Å²) >= 11 is 0. The van der Waals surface area contributed by atoms with Crippen molar-refractivity contribution in [2.24, 2.45) is 10.9 Å². The Morgan fingerprint density at radius 1 is 1.21 bits per heavy atom. The predicted octanol–water partition coefficient (Wildman–Crippen LogP) is 2.19. The third kappa shape index (κ3) is 11.6. The van der Waals surface area contributed by atoms with Gasteiger partial charge in [0.25, 0.3) is 0 Å². The molecule has 1 heterocycles. The van der Waals surface area contributed by atoms with E-state index in [-0.39, 0.29) is 0 Å². The molecular weight excluding hydrogens is 306 g/mol. The number of hydrogen-bond donors (Lipinski definition) is 2. The van der Waals surface area contributed by atoms with Crippen LogP contribution in [0.4, 0.5) is 0 Å². The standard InChI is InChI=1S/C18H37N3O3/c1-4-19-18(20-9-6-11-22-14-16(2)3)21-10-7-12-23-15-17-8-5-13-24-17/h16-17H,4-15H2,1-3H3,(H2,19,20,21). The van der Waals surface area contributed by atoms with Crippen LogP contribution in [0, 0.1) is 5.92 Å². The van der Waals surface area contributed by atoms with Gasteiger partial charge in [-0.3, -0.25) is 4.99 Å². The monoisotopic (exact) mass is 343 g/mol. The van der Waals surface area contributed by atoms with Gasteiger partial charge < -0.3 is 24.8 Å². The Hall–Kier alpha value is -0.850. The van der Waals surface area contributed by atoms with Crippen LogP contribution < -0.4 is 10.6 Å². The van der Waals surface area contributed by atoms with Crippen molar-refractivity contribution in [1.82, 2.24) is 10.6 Å². The highest BCUT2D eigenvalue weighted by Gasteiger charge is 2.14. The van der Waals surface area contributed by atoms with Gasteiger partial charge in [-0.25, -0.2) is 0 Å². The molecule has 1 rings (SSSR count). The van der Waals surface area contributed by atoms with Crippen LogP contribution in [0.25, 0.3) is 0 Å². The lowest BCUT2D eigenvalue weighted by Gasteiger charge is -2.12. The van der Waals surface area contributed by atoms with Crippen molar-refractivity contribution in [3.8, 4) is 0 Å². The number of guanidine groups is 1. The molecule has 0 aromatic carbocycles. The summed E-state index contributed by atoms with van der Waals surface area (Å²) in [7, 11) is 0. The smallest absolute Gasteiger partial charge is 0.191 e. The molecule has 0 radical (unpaired) electrons. The number of aliphatic imine (C=N–C) groups is 1. The second-order valence-electron chi connectivity index (χ2n) is 6.57. The maximum atomic E-state index is 5.66.